The molecule has 10 nitrogen and oxygen atoms in total. The van der Waals surface area contributed by atoms with Crippen LogP contribution in [0.2, 0.25) is 0 Å². The Morgan fingerprint density at radius 3 is 1.07 bits per heavy atom. The topological polar surface area (TPSA) is 101 Å². The summed E-state index contributed by atoms with van der Waals surface area (Å²) in [6, 6.07) is 28.8. The zero-order valence-corrected chi connectivity index (χ0v) is 25.9. The van der Waals surface area contributed by atoms with Crippen molar-refractivity contribution in [1.82, 2.24) is 20.0 Å². The lowest BCUT2D eigenvalue weighted by molar-refractivity contribution is -0.148. The van der Waals surface area contributed by atoms with Crippen molar-refractivity contribution >= 4 is 17.9 Å². The summed E-state index contributed by atoms with van der Waals surface area (Å²) in [6.07, 6.45) is 0. The fourth-order valence-electron chi connectivity index (χ4n) is 4.87. The van der Waals surface area contributed by atoms with Crippen LogP contribution in [0.1, 0.15) is 16.7 Å². The Kier molecular flexibility index (Phi) is 14.5. The highest BCUT2D eigenvalue weighted by atomic mass is 16.5. The van der Waals surface area contributed by atoms with Gasteiger partial charge < -0.3 is 19.5 Å². The third-order valence-corrected chi connectivity index (χ3v) is 7.46. The van der Waals surface area contributed by atoms with E-state index in [1.807, 2.05) is 106 Å². The van der Waals surface area contributed by atoms with Gasteiger partial charge in [-0.05, 0) is 16.7 Å². The molecule has 1 N–H and O–H groups in total. The van der Waals surface area contributed by atoms with Gasteiger partial charge in [0.25, 0.3) is 0 Å². The third-order valence-electron chi connectivity index (χ3n) is 7.46. The maximum absolute atomic E-state index is 12.9. The Morgan fingerprint density at radius 1 is 0.467 bits per heavy atom. The van der Waals surface area contributed by atoms with E-state index in [-0.39, 0.29) is 57.4 Å². The maximum atomic E-state index is 12.9. The van der Waals surface area contributed by atoms with Crippen LogP contribution in [-0.2, 0) is 48.4 Å². The first-order chi connectivity index (χ1) is 22.0. The molecule has 3 aromatic carbocycles. The molecule has 10 heteroatoms. The highest BCUT2D eigenvalue weighted by Gasteiger charge is 2.20. The van der Waals surface area contributed by atoms with Crippen molar-refractivity contribution in [3.05, 3.63) is 108 Å². The number of carbonyl (C=O) groups excluding carboxylic acids is 3. The van der Waals surface area contributed by atoms with Crippen molar-refractivity contribution in [3.63, 3.8) is 0 Å². The van der Waals surface area contributed by atoms with Gasteiger partial charge in [-0.2, -0.15) is 0 Å². The van der Waals surface area contributed by atoms with Gasteiger partial charge in [0, 0.05) is 52.4 Å². The molecule has 0 aliphatic carbocycles. The SMILES string of the molecule is O=C(CN1CCNCCN(CC(=O)OCc2ccccc2)CCN(CC(=O)OCc2ccccc2)CC1)OCc1ccccc1. The molecule has 45 heavy (non-hydrogen) atoms. The minimum Gasteiger partial charge on any atom is -0.460 e. The number of hydrogen-bond donors (Lipinski definition) is 1. The first kappa shape index (κ1) is 33.8. The van der Waals surface area contributed by atoms with Crippen LogP contribution in [0, 0.1) is 0 Å². The molecule has 1 aliphatic rings. The van der Waals surface area contributed by atoms with Crippen LogP contribution in [0.5, 0.6) is 0 Å². The van der Waals surface area contributed by atoms with Gasteiger partial charge in [0.15, 0.2) is 0 Å². The second-order valence-electron chi connectivity index (χ2n) is 11.0. The van der Waals surface area contributed by atoms with E-state index in [0.29, 0.717) is 52.4 Å². The van der Waals surface area contributed by atoms with Gasteiger partial charge in [-0.25, -0.2) is 0 Å². The lowest BCUT2D eigenvalue weighted by Crippen LogP contribution is -2.48. The van der Waals surface area contributed by atoms with E-state index in [9.17, 15) is 14.4 Å². The Morgan fingerprint density at radius 2 is 0.756 bits per heavy atom. The Balaban J connectivity index is 1.32. The van der Waals surface area contributed by atoms with Gasteiger partial charge in [-0.15, -0.1) is 0 Å². The predicted molar refractivity (Wildman–Crippen MR) is 171 cm³/mol. The van der Waals surface area contributed by atoms with Gasteiger partial charge in [0.2, 0.25) is 0 Å². The lowest BCUT2D eigenvalue weighted by atomic mass is 10.2. The molecule has 0 aromatic heterocycles. The largest absolute Gasteiger partial charge is 0.460 e. The van der Waals surface area contributed by atoms with Crippen molar-refractivity contribution in [2.24, 2.45) is 0 Å². The molecule has 0 radical (unpaired) electrons. The van der Waals surface area contributed by atoms with E-state index in [1.165, 1.54) is 0 Å². The summed E-state index contributed by atoms with van der Waals surface area (Å²) >= 11 is 0. The summed E-state index contributed by atoms with van der Waals surface area (Å²) in [4.78, 5) is 44.4. The fraction of sp³-hybridized carbons (Fsp3) is 0.400. The smallest absolute Gasteiger partial charge is 0.320 e. The molecule has 0 unspecified atom stereocenters. The summed E-state index contributed by atoms with van der Waals surface area (Å²) in [6.45, 7) is 5.87. The quantitative estimate of drug-likeness (QED) is 0.242. The first-order valence-corrected chi connectivity index (χ1v) is 15.5. The molecule has 1 aliphatic heterocycles. The van der Waals surface area contributed by atoms with E-state index < -0.39 is 0 Å². The van der Waals surface area contributed by atoms with Crippen LogP contribution in [-0.4, -0.2) is 105 Å². The predicted octanol–water partition coefficient (Wildman–Crippen LogP) is 2.73. The monoisotopic (exact) mass is 616 g/mol. The van der Waals surface area contributed by atoms with E-state index in [2.05, 4.69) is 5.32 Å². The van der Waals surface area contributed by atoms with Crippen LogP contribution < -0.4 is 5.32 Å². The van der Waals surface area contributed by atoms with Gasteiger partial charge in [-0.1, -0.05) is 91.0 Å². The molecule has 3 aromatic rings. The number of benzene rings is 3. The first-order valence-electron chi connectivity index (χ1n) is 15.5. The van der Waals surface area contributed by atoms with E-state index in [0.717, 1.165) is 16.7 Å². The van der Waals surface area contributed by atoms with Crippen LogP contribution in [0.15, 0.2) is 91.0 Å². The van der Waals surface area contributed by atoms with E-state index >= 15 is 0 Å². The average molecular weight is 617 g/mol. The highest BCUT2D eigenvalue weighted by molar-refractivity contribution is 5.72. The molecule has 1 saturated heterocycles. The number of rotatable bonds is 12. The molecular weight excluding hydrogens is 572 g/mol. The standard InChI is InChI=1S/C35H44N4O6/c40-33(43-27-30-10-4-1-5-11-30)24-37-18-16-36-17-19-38(25-34(41)44-28-31-12-6-2-7-13-31)21-23-39(22-20-37)26-35(42)45-29-32-14-8-3-9-15-32/h1-15,36H,16-29H2. The van der Waals surface area contributed by atoms with Gasteiger partial charge in [-0.3, -0.25) is 29.1 Å². The molecule has 0 spiro atoms. The van der Waals surface area contributed by atoms with Crippen molar-refractivity contribution in [2.45, 2.75) is 19.8 Å². The summed E-state index contributed by atoms with van der Waals surface area (Å²) in [7, 11) is 0. The number of carbonyl (C=O) groups is 3. The second-order valence-corrected chi connectivity index (χ2v) is 11.0. The number of ether oxygens (including phenoxy) is 3. The summed E-state index contributed by atoms with van der Waals surface area (Å²) in [5.41, 5.74) is 2.80. The van der Waals surface area contributed by atoms with Crippen molar-refractivity contribution < 1.29 is 28.6 Å². The molecule has 0 amide bonds. The van der Waals surface area contributed by atoms with Gasteiger partial charge in [0.05, 0.1) is 19.6 Å². The van der Waals surface area contributed by atoms with Crippen LogP contribution >= 0.6 is 0 Å². The van der Waals surface area contributed by atoms with Crippen LogP contribution in [0.4, 0.5) is 0 Å². The minimum absolute atomic E-state index is 0.101. The number of esters is 3. The minimum atomic E-state index is -0.324. The van der Waals surface area contributed by atoms with Gasteiger partial charge >= 0.3 is 17.9 Å². The fourth-order valence-corrected chi connectivity index (χ4v) is 4.87. The molecule has 0 saturated carbocycles. The Hall–Kier alpha value is -4.09. The zero-order valence-electron chi connectivity index (χ0n) is 25.9. The zero-order chi connectivity index (χ0) is 31.5. The lowest BCUT2D eigenvalue weighted by Gasteiger charge is -2.30. The molecule has 0 atom stereocenters. The molecular formula is C35H44N4O6. The van der Waals surface area contributed by atoms with Crippen LogP contribution in [0.25, 0.3) is 0 Å². The van der Waals surface area contributed by atoms with Crippen molar-refractivity contribution in [3.8, 4) is 0 Å². The van der Waals surface area contributed by atoms with E-state index in [4.69, 9.17) is 14.2 Å². The molecule has 1 fully saturated rings. The van der Waals surface area contributed by atoms with Crippen LogP contribution in [0.3, 0.4) is 0 Å². The average Bonchev–Trinajstić information content (AvgIpc) is 3.06. The van der Waals surface area contributed by atoms with E-state index in [1.54, 1.807) is 0 Å². The Labute approximate surface area is 265 Å². The molecule has 240 valence electrons. The Bertz CT molecular complexity index is 1220. The summed E-state index contributed by atoms with van der Waals surface area (Å²) < 4.78 is 16.6. The summed E-state index contributed by atoms with van der Waals surface area (Å²) in [5.74, 6) is -0.907. The van der Waals surface area contributed by atoms with Gasteiger partial charge in [0.1, 0.15) is 19.8 Å². The maximum Gasteiger partial charge on any atom is 0.320 e. The third kappa shape index (κ3) is 13.6. The number of nitrogens with one attached hydrogen (secondary N) is 1. The number of hydrogen-bond acceptors (Lipinski definition) is 10. The van der Waals surface area contributed by atoms with Crippen molar-refractivity contribution in [1.29, 1.82) is 0 Å². The highest BCUT2D eigenvalue weighted by Crippen LogP contribution is 2.06. The second kappa shape index (κ2) is 19.3. The number of nitrogens with zero attached hydrogens (tertiary/aromatic N) is 3. The molecule has 4 rings (SSSR count). The molecule has 1 heterocycles. The summed E-state index contributed by atoms with van der Waals surface area (Å²) in [5, 5.41) is 3.43. The normalized spacial score (nSPS) is 15.7. The van der Waals surface area contributed by atoms with Crippen molar-refractivity contribution in [2.75, 3.05) is 72.0 Å². The molecule has 0 bridgehead atoms.